The van der Waals surface area contributed by atoms with Crippen LogP contribution in [0.2, 0.25) is 5.15 Å². The predicted octanol–water partition coefficient (Wildman–Crippen LogP) is 0.681. The van der Waals surface area contributed by atoms with E-state index < -0.39 is 0 Å². The first-order valence-electron chi connectivity index (χ1n) is 6.86. The lowest BCUT2D eigenvalue weighted by Gasteiger charge is -2.33. The number of carbonyl (C=O) groups excluding carboxylic acids is 1. The van der Waals surface area contributed by atoms with Crippen LogP contribution in [-0.4, -0.2) is 61.6 Å². The van der Waals surface area contributed by atoms with E-state index in [4.69, 9.17) is 11.6 Å². The second-order valence-electron chi connectivity index (χ2n) is 5.22. The van der Waals surface area contributed by atoms with Crippen LogP contribution in [0, 0.1) is 0 Å². The number of amides is 1. The standard InChI is InChI=1S/C13H17ClN6O/c1-9(21)20-5-3-19(4-6-20)8-11-16-12(14)10-7-15-18(2)13(10)17-11/h7H,3-6,8H2,1-2H3. The number of piperazine rings is 1. The molecule has 1 saturated heterocycles. The van der Waals surface area contributed by atoms with Crippen molar-refractivity contribution in [2.45, 2.75) is 13.5 Å². The molecule has 21 heavy (non-hydrogen) atoms. The van der Waals surface area contributed by atoms with Gasteiger partial charge in [0, 0.05) is 40.2 Å². The van der Waals surface area contributed by atoms with Crippen LogP contribution in [0.4, 0.5) is 0 Å². The molecule has 0 atom stereocenters. The van der Waals surface area contributed by atoms with Gasteiger partial charge in [-0.2, -0.15) is 5.10 Å². The maximum absolute atomic E-state index is 11.3. The van der Waals surface area contributed by atoms with E-state index in [0.717, 1.165) is 37.2 Å². The molecular weight excluding hydrogens is 292 g/mol. The first-order chi connectivity index (χ1) is 10.0. The average molecular weight is 309 g/mol. The van der Waals surface area contributed by atoms with E-state index in [1.165, 1.54) is 0 Å². The Bertz CT molecular complexity index is 677. The van der Waals surface area contributed by atoms with Gasteiger partial charge in [-0.3, -0.25) is 14.4 Å². The van der Waals surface area contributed by atoms with Crippen molar-refractivity contribution >= 4 is 28.5 Å². The number of fused-ring (bicyclic) bond motifs is 1. The van der Waals surface area contributed by atoms with Crippen LogP contribution in [0.15, 0.2) is 6.20 Å². The average Bonchev–Trinajstić information content (AvgIpc) is 2.82. The fourth-order valence-electron chi connectivity index (χ4n) is 2.52. The SMILES string of the molecule is CC(=O)N1CCN(Cc2nc(Cl)c3cnn(C)c3n2)CC1. The van der Waals surface area contributed by atoms with Crippen LogP contribution in [0.3, 0.4) is 0 Å². The number of hydrogen-bond acceptors (Lipinski definition) is 5. The number of hydrogen-bond donors (Lipinski definition) is 0. The highest BCUT2D eigenvalue weighted by atomic mass is 35.5. The molecular formula is C13H17ClN6O. The zero-order chi connectivity index (χ0) is 15.0. The molecule has 3 rings (SSSR count). The topological polar surface area (TPSA) is 67.2 Å². The minimum atomic E-state index is 0.130. The molecule has 0 saturated carbocycles. The summed E-state index contributed by atoms with van der Waals surface area (Å²) in [5, 5.41) is 5.35. The van der Waals surface area contributed by atoms with E-state index in [1.54, 1.807) is 17.8 Å². The highest BCUT2D eigenvalue weighted by molar-refractivity contribution is 6.33. The Balaban J connectivity index is 1.74. The third-order valence-electron chi connectivity index (χ3n) is 3.77. The third-order valence-corrected chi connectivity index (χ3v) is 4.06. The van der Waals surface area contributed by atoms with Gasteiger partial charge in [0.25, 0.3) is 0 Å². The Labute approximate surface area is 127 Å². The van der Waals surface area contributed by atoms with Gasteiger partial charge in [-0.05, 0) is 0 Å². The molecule has 0 bridgehead atoms. The number of nitrogens with zero attached hydrogens (tertiary/aromatic N) is 6. The Morgan fingerprint density at radius 1 is 1.29 bits per heavy atom. The summed E-state index contributed by atoms with van der Waals surface area (Å²) in [6, 6.07) is 0. The molecule has 0 unspecified atom stereocenters. The molecule has 0 aliphatic carbocycles. The first-order valence-corrected chi connectivity index (χ1v) is 7.24. The molecule has 1 aliphatic rings. The fraction of sp³-hybridized carbons (Fsp3) is 0.538. The maximum Gasteiger partial charge on any atom is 0.219 e. The molecule has 0 N–H and O–H groups in total. The molecule has 3 heterocycles. The number of aryl methyl sites for hydroxylation is 1. The Kier molecular flexibility index (Phi) is 3.77. The van der Waals surface area contributed by atoms with Gasteiger partial charge in [0.05, 0.1) is 18.1 Å². The van der Waals surface area contributed by atoms with E-state index in [1.807, 2.05) is 11.9 Å². The molecule has 2 aromatic heterocycles. The van der Waals surface area contributed by atoms with E-state index in [-0.39, 0.29) is 5.91 Å². The van der Waals surface area contributed by atoms with Crippen LogP contribution < -0.4 is 0 Å². The van der Waals surface area contributed by atoms with Crippen molar-refractivity contribution in [3.05, 3.63) is 17.2 Å². The van der Waals surface area contributed by atoms with Gasteiger partial charge >= 0.3 is 0 Å². The van der Waals surface area contributed by atoms with Crippen molar-refractivity contribution in [2.24, 2.45) is 7.05 Å². The van der Waals surface area contributed by atoms with Crippen molar-refractivity contribution in [2.75, 3.05) is 26.2 Å². The zero-order valence-corrected chi connectivity index (χ0v) is 12.8. The van der Waals surface area contributed by atoms with Gasteiger partial charge in [-0.15, -0.1) is 0 Å². The summed E-state index contributed by atoms with van der Waals surface area (Å²) in [5.41, 5.74) is 0.743. The smallest absolute Gasteiger partial charge is 0.219 e. The lowest BCUT2D eigenvalue weighted by Crippen LogP contribution is -2.47. The van der Waals surface area contributed by atoms with Crippen molar-refractivity contribution < 1.29 is 4.79 Å². The Hall–Kier alpha value is -1.73. The monoisotopic (exact) mass is 308 g/mol. The molecule has 0 aromatic carbocycles. The number of carbonyl (C=O) groups is 1. The van der Waals surface area contributed by atoms with Crippen LogP contribution in [0.1, 0.15) is 12.7 Å². The van der Waals surface area contributed by atoms with Crippen LogP contribution in [0.5, 0.6) is 0 Å². The first kappa shape index (κ1) is 14.2. The number of halogens is 1. The minimum absolute atomic E-state index is 0.130. The third kappa shape index (κ3) is 2.84. The zero-order valence-electron chi connectivity index (χ0n) is 12.1. The van der Waals surface area contributed by atoms with Crippen LogP contribution in [0.25, 0.3) is 11.0 Å². The molecule has 2 aromatic rings. The van der Waals surface area contributed by atoms with Gasteiger partial charge in [0.15, 0.2) is 5.65 Å². The Morgan fingerprint density at radius 2 is 2.00 bits per heavy atom. The molecule has 0 spiro atoms. The lowest BCUT2D eigenvalue weighted by molar-refractivity contribution is -0.130. The largest absolute Gasteiger partial charge is 0.340 e. The highest BCUT2D eigenvalue weighted by Gasteiger charge is 2.20. The van der Waals surface area contributed by atoms with Gasteiger partial charge in [0.2, 0.25) is 5.91 Å². The second kappa shape index (κ2) is 5.57. The van der Waals surface area contributed by atoms with Crippen molar-refractivity contribution in [1.82, 2.24) is 29.5 Å². The summed E-state index contributed by atoms with van der Waals surface area (Å²) in [6.45, 7) is 5.38. The van der Waals surface area contributed by atoms with E-state index in [9.17, 15) is 4.79 Å². The molecule has 8 heteroatoms. The van der Waals surface area contributed by atoms with Gasteiger partial charge in [-0.1, -0.05) is 11.6 Å². The van der Waals surface area contributed by atoms with E-state index in [2.05, 4.69) is 20.0 Å². The summed E-state index contributed by atoms with van der Waals surface area (Å²) in [4.78, 5) is 24.3. The molecule has 1 amide bonds. The highest BCUT2D eigenvalue weighted by Crippen LogP contribution is 2.20. The van der Waals surface area contributed by atoms with Crippen molar-refractivity contribution in [3.8, 4) is 0 Å². The predicted molar refractivity (Wildman–Crippen MR) is 78.8 cm³/mol. The minimum Gasteiger partial charge on any atom is -0.340 e. The summed E-state index contributed by atoms with van der Waals surface area (Å²) in [5.74, 6) is 0.817. The van der Waals surface area contributed by atoms with Crippen LogP contribution in [-0.2, 0) is 18.4 Å². The van der Waals surface area contributed by atoms with Crippen LogP contribution >= 0.6 is 11.6 Å². The normalized spacial score (nSPS) is 16.6. The molecule has 0 radical (unpaired) electrons. The molecule has 1 aliphatic heterocycles. The Morgan fingerprint density at radius 3 is 2.67 bits per heavy atom. The number of rotatable bonds is 2. The fourth-order valence-corrected chi connectivity index (χ4v) is 2.75. The van der Waals surface area contributed by atoms with Crippen molar-refractivity contribution in [3.63, 3.8) is 0 Å². The molecule has 7 nitrogen and oxygen atoms in total. The number of aromatic nitrogens is 4. The second-order valence-corrected chi connectivity index (χ2v) is 5.58. The van der Waals surface area contributed by atoms with E-state index >= 15 is 0 Å². The van der Waals surface area contributed by atoms with E-state index in [0.29, 0.717) is 17.5 Å². The quantitative estimate of drug-likeness (QED) is 0.763. The molecule has 112 valence electrons. The summed E-state index contributed by atoms with van der Waals surface area (Å²) < 4.78 is 1.69. The molecule has 1 fully saturated rings. The summed E-state index contributed by atoms with van der Waals surface area (Å²) in [6.07, 6.45) is 1.67. The van der Waals surface area contributed by atoms with Gasteiger partial charge < -0.3 is 4.90 Å². The maximum atomic E-state index is 11.3. The summed E-state index contributed by atoms with van der Waals surface area (Å²) >= 11 is 6.18. The van der Waals surface area contributed by atoms with Gasteiger partial charge in [-0.25, -0.2) is 9.97 Å². The summed E-state index contributed by atoms with van der Waals surface area (Å²) in [7, 11) is 1.83. The van der Waals surface area contributed by atoms with Gasteiger partial charge in [0.1, 0.15) is 11.0 Å². The van der Waals surface area contributed by atoms with Crippen molar-refractivity contribution in [1.29, 1.82) is 0 Å². The lowest BCUT2D eigenvalue weighted by atomic mass is 10.3.